The van der Waals surface area contributed by atoms with Gasteiger partial charge in [0.2, 0.25) is 5.91 Å². The van der Waals surface area contributed by atoms with Gasteiger partial charge in [-0.25, -0.2) is 14.4 Å². The molecule has 3 heterocycles. The first-order valence-electron chi connectivity index (χ1n) is 8.48. The molecule has 0 bridgehead atoms. The number of methoxy groups -OCH3 is 1. The van der Waals surface area contributed by atoms with Crippen molar-refractivity contribution in [2.75, 3.05) is 12.4 Å². The summed E-state index contributed by atoms with van der Waals surface area (Å²) >= 11 is 0. The molecular formula is C19H15FN4O3. The van der Waals surface area contributed by atoms with E-state index in [1.54, 1.807) is 13.2 Å². The monoisotopic (exact) mass is 366 g/mol. The molecule has 1 aliphatic carbocycles. The maximum atomic E-state index is 13.0. The summed E-state index contributed by atoms with van der Waals surface area (Å²) < 4.78 is 23.9. The van der Waals surface area contributed by atoms with Crippen molar-refractivity contribution in [3.8, 4) is 16.9 Å². The number of nitrogens with one attached hydrogen (secondary N) is 2. The predicted octanol–water partition coefficient (Wildman–Crippen LogP) is 3.68. The van der Waals surface area contributed by atoms with Crippen LogP contribution in [0.2, 0.25) is 0 Å². The van der Waals surface area contributed by atoms with Crippen molar-refractivity contribution in [3.05, 3.63) is 36.9 Å². The second-order valence-electron chi connectivity index (χ2n) is 6.52. The molecule has 4 aromatic rings. The third-order valence-electron chi connectivity index (χ3n) is 4.78. The van der Waals surface area contributed by atoms with E-state index >= 15 is 0 Å². The highest BCUT2D eigenvalue weighted by molar-refractivity contribution is 6.00. The van der Waals surface area contributed by atoms with Gasteiger partial charge in [-0.2, -0.15) is 0 Å². The fraction of sp³-hybridized carbons (Fsp3) is 0.211. The van der Waals surface area contributed by atoms with Gasteiger partial charge in [0.25, 0.3) is 0 Å². The maximum Gasteiger partial charge on any atom is 0.231 e. The molecule has 1 saturated carbocycles. The number of benzene rings is 1. The molecule has 2 N–H and O–H groups in total. The van der Waals surface area contributed by atoms with E-state index in [0.29, 0.717) is 28.3 Å². The zero-order valence-electron chi connectivity index (χ0n) is 14.3. The Morgan fingerprint density at radius 1 is 1.37 bits per heavy atom. The van der Waals surface area contributed by atoms with Crippen LogP contribution in [0.5, 0.6) is 5.75 Å². The molecule has 0 saturated heterocycles. The SMILES string of the molecule is COc1cc2ncoc2cc1-c1c[nH]c2nc(NC(=O)[C@@H]3C[C@@H]3F)ccc12. The highest BCUT2D eigenvalue weighted by Gasteiger charge is 2.43. The smallest absolute Gasteiger partial charge is 0.231 e. The highest BCUT2D eigenvalue weighted by Crippen LogP contribution is 2.38. The Bertz CT molecular complexity index is 1180. The summed E-state index contributed by atoms with van der Waals surface area (Å²) in [5.41, 5.74) is 3.70. The second kappa shape index (κ2) is 5.80. The minimum atomic E-state index is -1.04. The molecule has 1 aromatic carbocycles. The van der Waals surface area contributed by atoms with Crippen molar-refractivity contribution in [2.45, 2.75) is 12.6 Å². The highest BCUT2D eigenvalue weighted by atomic mass is 19.1. The molecule has 2 atom stereocenters. The summed E-state index contributed by atoms with van der Waals surface area (Å²) in [7, 11) is 1.60. The molecule has 7 nitrogen and oxygen atoms in total. The lowest BCUT2D eigenvalue weighted by molar-refractivity contribution is -0.117. The number of nitrogens with zero attached hydrogens (tertiary/aromatic N) is 2. The van der Waals surface area contributed by atoms with E-state index in [-0.39, 0.29) is 12.3 Å². The third-order valence-corrected chi connectivity index (χ3v) is 4.78. The van der Waals surface area contributed by atoms with E-state index < -0.39 is 12.1 Å². The molecule has 5 rings (SSSR count). The number of alkyl halides is 1. The Morgan fingerprint density at radius 2 is 2.22 bits per heavy atom. The van der Waals surface area contributed by atoms with Gasteiger partial charge in [0.15, 0.2) is 12.0 Å². The number of pyridine rings is 1. The quantitative estimate of drug-likeness (QED) is 0.575. The number of halogens is 1. The summed E-state index contributed by atoms with van der Waals surface area (Å²) in [6.45, 7) is 0. The summed E-state index contributed by atoms with van der Waals surface area (Å²) in [6.07, 6.45) is 2.46. The molecule has 0 unspecified atom stereocenters. The van der Waals surface area contributed by atoms with Gasteiger partial charge in [0.05, 0.1) is 13.0 Å². The maximum absolute atomic E-state index is 13.0. The van der Waals surface area contributed by atoms with Gasteiger partial charge in [-0.3, -0.25) is 4.79 Å². The molecule has 0 spiro atoms. The summed E-state index contributed by atoms with van der Waals surface area (Å²) in [5, 5.41) is 3.52. The number of hydrogen-bond acceptors (Lipinski definition) is 5. The van der Waals surface area contributed by atoms with Crippen LogP contribution in [0.15, 0.2) is 41.3 Å². The third kappa shape index (κ3) is 2.61. The van der Waals surface area contributed by atoms with Gasteiger partial charge in [-0.05, 0) is 24.6 Å². The van der Waals surface area contributed by atoms with Crippen LogP contribution in [-0.4, -0.2) is 34.1 Å². The number of anilines is 1. The number of amides is 1. The van der Waals surface area contributed by atoms with Crippen molar-refractivity contribution in [1.82, 2.24) is 15.0 Å². The number of rotatable bonds is 4. The van der Waals surface area contributed by atoms with E-state index in [1.807, 2.05) is 24.4 Å². The number of hydrogen-bond donors (Lipinski definition) is 2. The van der Waals surface area contributed by atoms with Crippen LogP contribution in [0.4, 0.5) is 10.2 Å². The number of carbonyl (C=O) groups excluding carboxylic acids is 1. The minimum Gasteiger partial charge on any atom is -0.496 e. The fourth-order valence-corrected chi connectivity index (χ4v) is 3.22. The van der Waals surface area contributed by atoms with E-state index in [2.05, 4.69) is 20.3 Å². The lowest BCUT2D eigenvalue weighted by Crippen LogP contribution is -2.15. The standard InChI is InChI=1S/C19H15FN4O3/c1-26-15-6-14-16(27-8-22-14)5-10(15)12-7-21-18-9(12)2-3-17(23-18)24-19(25)11-4-13(11)20/h2-3,5-8,11,13H,4H2,1H3,(H2,21,23,24,25)/t11-,13+/m1/s1. The zero-order chi connectivity index (χ0) is 18.5. The Labute approximate surface area is 152 Å². The average molecular weight is 366 g/mol. The summed E-state index contributed by atoms with van der Waals surface area (Å²) in [4.78, 5) is 23.6. The van der Waals surface area contributed by atoms with Crippen LogP contribution in [0.1, 0.15) is 6.42 Å². The Hall–Kier alpha value is -3.42. The normalized spacial score (nSPS) is 18.7. The largest absolute Gasteiger partial charge is 0.496 e. The van der Waals surface area contributed by atoms with Crippen molar-refractivity contribution >= 4 is 33.9 Å². The molecule has 1 fully saturated rings. The zero-order valence-corrected chi connectivity index (χ0v) is 14.3. The first-order valence-corrected chi connectivity index (χ1v) is 8.48. The topological polar surface area (TPSA) is 93.0 Å². The molecular weight excluding hydrogens is 351 g/mol. The Morgan fingerprint density at radius 3 is 3.00 bits per heavy atom. The van der Waals surface area contributed by atoms with Gasteiger partial charge >= 0.3 is 0 Å². The van der Waals surface area contributed by atoms with Gasteiger partial charge in [-0.1, -0.05) is 0 Å². The van der Waals surface area contributed by atoms with Crippen LogP contribution in [0.3, 0.4) is 0 Å². The second-order valence-corrected chi connectivity index (χ2v) is 6.52. The first kappa shape index (κ1) is 15.8. The molecule has 0 aliphatic heterocycles. The Kier molecular flexibility index (Phi) is 3.40. The number of ether oxygens (including phenoxy) is 1. The average Bonchev–Trinajstić information content (AvgIpc) is 3.07. The van der Waals surface area contributed by atoms with Crippen molar-refractivity contribution < 1.29 is 18.3 Å². The number of aromatic amines is 1. The molecule has 27 heavy (non-hydrogen) atoms. The lowest BCUT2D eigenvalue weighted by Gasteiger charge is -2.08. The fourth-order valence-electron chi connectivity index (χ4n) is 3.22. The number of H-pyrrole nitrogens is 1. The Balaban J connectivity index is 1.54. The first-order chi connectivity index (χ1) is 13.1. The molecule has 1 aliphatic rings. The number of oxazole rings is 1. The van der Waals surface area contributed by atoms with Crippen LogP contribution in [0.25, 0.3) is 33.3 Å². The van der Waals surface area contributed by atoms with Gasteiger partial charge in [0.1, 0.15) is 28.9 Å². The number of aromatic nitrogens is 3. The van der Waals surface area contributed by atoms with E-state index in [4.69, 9.17) is 9.15 Å². The summed E-state index contributed by atoms with van der Waals surface area (Å²) in [6, 6.07) is 7.24. The molecule has 1 amide bonds. The van der Waals surface area contributed by atoms with Gasteiger partial charge in [0, 0.05) is 28.8 Å². The number of fused-ring (bicyclic) bond motifs is 2. The molecule has 8 heteroatoms. The van der Waals surface area contributed by atoms with Gasteiger partial charge in [-0.15, -0.1) is 0 Å². The van der Waals surface area contributed by atoms with Crippen molar-refractivity contribution in [2.24, 2.45) is 5.92 Å². The number of carbonyl (C=O) groups is 1. The predicted molar refractivity (Wildman–Crippen MR) is 97.3 cm³/mol. The van der Waals surface area contributed by atoms with Crippen molar-refractivity contribution in [1.29, 1.82) is 0 Å². The summed E-state index contributed by atoms with van der Waals surface area (Å²) in [5.74, 6) is 0.160. The van der Waals surface area contributed by atoms with Crippen LogP contribution < -0.4 is 10.1 Å². The van der Waals surface area contributed by atoms with Crippen molar-refractivity contribution in [3.63, 3.8) is 0 Å². The van der Waals surface area contributed by atoms with E-state index in [0.717, 1.165) is 16.5 Å². The van der Waals surface area contributed by atoms with E-state index in [9.17, 15) is 9.18 Å². The van der Waals surface area contributed by atoms with Crippen LogP contribution in [-0.2, 0) is 4.79 Å². The molecule has 3 aromatic heterocycles. The lowest BCUT2D eigenvalue weighted by atomic mass is 10.0. The molecule has 0 radical (unpaired) electrons. The van der Waals surface area contributed by atoms with Crippen LogP contribution >= 0.6 is 0 Å². The minimum absolute atomic E-state index is 0.282. The van der Waals surface area contributed by atoms with Crippen LogP contribution in [0, 0.1) is 5.92 Å². The van der Waals surface area contributed by atoms with E-state index in [1.165, 1.54) is 6.39 Å². The molecule has 136 valence electrons. The van der Waals surface area contributed by atoms with Gasteiger partial charge < -0.3 is 19.5 Å².